The van der Waals surface area contributed by atoms with E-state index >= 15 is 0 Å². The minimum Gasteiger partial charge on any atom is -0.508 e. The van der Waals surface area contributed by atoms with E-state index in [9.17, 15) is 33.6 Å². The number of carbonyl (C=O) groups is 5. The fourth-order valence-corrected chi connectivity index (χ4v) is 12.4. The Labute approximate surface area is 426 Å². The van der Waals surface area contributed by atoms with Gasteiger partial charge < -0.3 is 38.8 Å². The Morgan fingerprint density at radius 1 is 1.08 bits per heavy atom. The van der Waals surface area contributed by atoms with Gasteiger partial charge in [0.2, 0.25) is 17.7 Å². The number of likely N-dealkylation sites (N-methyl/N-ethyl adjacent to an activating group) is 2. The van der Waals surface area contributed by atoms with Gasteiger partial charge in [-0.05, 0) is 118 Å². The molecule has 18 heteroatoms. The molecule has 2 aromatic carbocycles. The summed E-state index contributed by atoms with van der Waals surface area (Å²) in [6.45, 7) is 18.6. The van der Waals surface area contributed by atoms with Crippen molar-refractivity contribution >= 4 is 51.0 Å². The highest BCUT2D eigenvalue weighted by Gasteiger charge is 2.59. The zero-order valence-electron chi connectivity index (χ0n) is 44.4. The van der Waals surface area contributed by atoms with E-state index in [2.05, 4.69) is 53.2 Å². The SMILES string of the molecule is CCn1c(-c2cnccc2COC)c2c3cc(ccc31)-c1cc(O)cc(c1)C[C@H](NC(=O)[C@H](C(C)C)N(C)C(=O)CN(C)C(=O)[C@@H]1[C@H](C)N1S(C)(O)C(C)(C)C)C(=O)N1CCC[C@H](N1)C(=O)OCC(C)(C)C2. The number of aromatic hydroxyl groups is 1. The van der Waals surface area contributed by atoms with Crippen molar-refractivity contribution < 1.29 is 43.1 Å². The van der Waals surface area contributed by atoms with Crippen molar-refractivity contribution in [1.29, 1.82) is 0 Å². The van der Waals surface area contributed by atoms with Crippen LogP contribution >= 0.6 is 10.5 Å². The molecule has 5 heterocycles. The maximum Gasteiger partial charge on any atom is 0.324 e. The lowest BCUT2D eigenvalue weighted by Gasteiger charge is -2.44. The number of nitrogens with zero attached hydrogens (tertiary/aromatic N) is 6. The molecule has 4 N–H and O–H groups in total. The third-order valence-corrected chi connectivity index (χ3v) is 18.3. The van der Waals surface area contributed by atoms with Crippen LogP contribution in [-0.2, 0) is 59.4 Å². The van der Waals surface area contributed by atoms with Crippen molar-refractivity contribution in [2.45, 2.75) is 136 Å². The predicted molar refractivity (Wildman–Crippen MR) is 281 cm³/mol. The number of carbonyl (C=O) groups excluding carboxylic acids is 5. The molecule has 0 radical (unpaired) electrons. The highest BCUT2D eigenvalue weighted by Crippen LogP contribution is 2.63. The standard InChI is InChI=1S/C54H76N8O9S/c1-14-60-44-18-17-35-26-39(44)40(48(60)41-28-55-20-19-36(41)30-70-12)27-54(8,9)31-71-52(68)42-16-15-21-61(57-42)50(66)43(24-34-22-37(35)25-38(63)23-34)56-49(65)46(32(2)3)59(11)45(64)29-58(10)51(67)47-33(4)62(47)72(13,69)53(5,6)7/h17-20,22-23,25-26,28,32-33,42-43,46-47,57,63,69H,14-16,21,24,27,29-31H2,1-13H3,(H,56,65)/t33-,42-,43-,46-,47-,62?/m0/s1. The van der Waals surface area contributed by atoms with Gasteiger partial charge in [-0.3, -0.25) is 34.0 Å². The Morgan fingerprint density at radius 2 is 1.81 bits per heavy atom. The van der Waals surface area contributed by atoms with Gasteiger partial charge in [0, 0.05) is 92.0 Å². The lowest BCUT2D eigenvalue weighted by atomic mass is 9.84. The molecule has 3 aliphatic rings. The van der Waals surface area contributed by atoms with E-state index in [1.165, 1.54) is 21.9 Å². The molecule has 4 aromatic rings. The van der Waals surface area contributed by atoms with Gasteiger partial charge in [-0.2, -0.15) is 0 Å². The van der Waals surface area contributed by atoms with E-state index in [4.69, 9.17) is 9.47 Å². The van der Waals surface area contributed by atoms with Crippen LogP contribution in [0.4, 0.5) is 0 Å². The molecule has 2 unspecified atom stereocenters. The summed E-state index contributed by atoms with van der Waals surface area (Å²) >= 11 is 0. The highest BCUT2D eigenvalue weighted by molar-refractivity contribution is 8.27. The first-order valence-corrected chi connectivity index (χ1v) is 27.0. The number of phenols is 1. The van der Waals surface area contributed by atoms with Crippen molar-refractivity contribution in [3.05, 3.63) is 71.5 Å². The number of ether oxygens (including phenoxy) is 2. The Morgan fingerprint density at radius 3 is 2.47 bits per heavy atom. The minimum absolute atomic E-state index is 0.0302. The summed E-state index contributed by atoms with van der Waals surface area (Å²) in [6, 6.07) is 9.44. The minimum atomic E-state index is -2.31. The maximum atomic E-state index is 14.8. The summed E-state index contributed by atoms with van der Waals surface area (Å²) < 4.78 is 26.8. The summed E-state index contributed by atoms with van der Waals surface area (Å²) in [6.07, 6.45) is 6.80. The molecule has 7 rings (SSSR count). The van der Waals surface area contributed by atoms with Crippen LogP contribution in [0, 0.1) is 11.3 Å². The van der Waals surface area contributed by atoms with Crippen LogP contribution < -0.4 is 10.7 Å². The van der Waals surface area contributed by atoms with Gasteiger partial charge in [0.05, 0.1) is 25.5 Å². The number of amides is 4. The first-order valence-electron chi connectivity index (χ1n) is 25.0. The molecule has 0 spiro atoms. The number of nitrogens with one attached hydrogen (secondary N) is 2. The van der Waals surface area contributed by atoms with Gasteiger partial charge in [-0.25, -0.2) is 9.73 Å². The Balaban J connectivity index is 1.23. The Hall–Kier alpha value is -5.53. The van der Waals surface area contributed by atoms with E-state index in [-0.39, 0.29) is 43.8 Å². The van der Waals surface area contributed by atoms with Crippen LogP contribution in [-0.4, -0.2) is 150 Å². The second-order valence-corrected chi connectivity index (χ2v) is 25.4. The molecule has 3 aliphatic heterocycles. The van der Waals surface area contributed by atoms with E-state index in [0.29, 0.717) is 43.5 Å². The highest BCUT2D eigenvalue weighted by atomic mass is 32.3. The van der Waals surface area contributed by atoms with Crippen molar-refractivity contribution in [2.24, 2.45) is 11.3 Å². The molecule has 17 nitrogen and oxygen atoms in total. The number of hydrogen-bond donors (Lipinski definition) is 4. The van der Waals surface area contributed by atoms with Crippen molar-refractivity contribution in [3.8, 4) is 28.1 Å². The van der Waals surface area contributed by atoms with Gasteiger partial charge in [-0.1, -0.05) is 50.3 Å². The molecule has 6 bridgehead atoms. The van der Waals surface area contributed by atoms with E-state index in [0.717, 1.165) is 38.9 Å². The molecule has 4 amide bonds. The van der Waals surface area contributed by atoms with Gasteiger partial charge in [0.15, 0.2) is 0 Å². The summed E-state index contributed by atoms with van der Waals surface area (Å²) in [5.74, 6) is -2.83. The molecule has 2 aromatic heterocycles. The van der Waals surface area contributed by atoms with Gasteiger partial charge in [0.1, 0.15) is 29.9 Å². The largest absolute Gasteiger partial charge is 0.508 e. The number of aromatic nitrogens is 2. The van der Waals surface area contributed by atoms with Gasteiger partial charge in [-0.15, -0.1) is 0 Å². The van der Waals surface area contributed by atoms with E-state index < -0.39 is 74.4 Å². The van der Waals surface area contributed by atoms with Gasteiger partial charge >= 0.3 is 5.97 Å². The summed E-state index contributed by atoms with van der Waals surface area (Å²) in [7, 11) is 2.42. The maximum absolute atomic E-state index is 14.8. The van der Waals surface area contributed by atoms with Crippen molar-refractivity contribution in [2.75, 3.05) is 47.2 Å². The summed E-state index contributed by atoms with van der Waals surface area (Å²) in [4.78, 5) is 78.4. The Bertz CT molecular complexity index is 2710. The molecule has 7 atom stereocenters. The molecule has 392 valence electrons. The quantitative estimate of drug-likeness (QED) is 0.0887. The van der Waals surface area contributed by atoms with E-state index in [1.807, 2.05) is 56.4 Å². The first-order chi connectivity index (χ1) is 33.8. The fourth-order valence-electron chi connectivity index (χ4n) is 10.4. The Kier molecular flexibility index (Phi) is 15.9. The average Bonchev–Trinajstić information content (AvgIpc) is 3.92. The number of benzene rings is 2. The molecule has 0 saturated carbocycles. The van der Waals surface area contributed by atoms with Crippen LogP contribution in [0.5, 0.6) is 5.75 Å². The predicted octanol–water partition coefficient (Wildman–Crippen LogP) is 6.53. The monoisotopic (exact) mass is 1010 g/mol. The van der Waals surface area contributed by atoms with Crippen LogP contribution in [0.3, 0.4) is 0 Å². The lowest BCUT2D eigenvalue weighted by molar-refractivity contribution is -0.155. The zero-order valence-corrected chi connectivity index (χ0v) is 45.2. The summed E-state index contributed by atoms with van der Waals surface area (Å²) in [5, 5.41) is 16.7. The van der Waals surface area contributed by atoms with E-state index in [1.54, 1.807) is 52.6 Å². The second kappa shape index (κ2) is 21.1. The second-order valence-electron chi connectivity index (χ2n) is 22.1. The van der Waals surface area contributed by atoms with Crippen LogP contribution in [0.2, 0.25) is 0 Å². The van der Waals surface area contributed by atoms with Crippen LogP contribution in [0.15, 0.2) is 54.9 Å². The average molecular weight is 1010 g/mol. The third kappa shape index (κ3) is 11.0. The van der Waals surface area contributed by atoms with Gasteiger partial charge in [0.25, 0.3) is 5.91 Å². The number of fused-ring (bicyclic) bond motifs is 6. The van der Waals surface area contributed by atoms with Crippen LogP contribution in [0.25, 0.3) is 33.3 Å². The van der Waals surface area contributed by atoms with Crippen LogP contribution in [0.1, 0.15) is 91.8 Å². The zero-order chi connectivity index (χ0) is 52.8. The number of esters is 1. The summed E-state index contributed by atoms with van der Waals surface area (Å²) in [5.41, 5.74) is 9.60. The molecule has 72 heavy (non-hydrogen) atoms. The number of phenolic OH excluding ortho intramolecular Hbond substituents is 1. The first kappa shape index (κ1) is 54.2. The molecule has 2 saturated heterocycles. The lowest BCUT2D eigenvalue weighted by Crippen LogP contribution is -2.62. The molecular formula is C54H76N8O9S. The number of cyclic esters (lactones) is 1. The topological polar surface area (TPSA) is 199 Å². The molecule has 0 aliphatic carbocycles. The van der Waals surface area contributed by atoms with Crippen molar-refractivity contribution in [3.63, 3.8) is 0 Å². The number of hydrogen-bond acceptors (Lipinski definition) is 12. The number of aryl methyl sites for hydroxylation is 1. The number of pyridine rings is 1. The number of hydrazine groups is 1. The normalized spacial score (nSPS) is 23.1. The fraction of sp³-hybridized carbons (Fsp3) is 0.556. The molecule has 2 fully saturated rings. The number of rotatable bonds is 12. The number of methoxy groups -OCH3 is 1. The molecular weight excluding hydrogens is 937 g/mol. The third-order valence-electron chi connectivity index (χ3n) is 14.6. The van der Waals surface area contributed by atoms with Crippen molar-refractivity contribution in [1.82, 2.24) is 39.4 Å². The smallest absolute Gasteiger partial charge is 0.324 e.